The molecule has 1 heterocycles. The predicted octanol–water partition coefficient (Wildman–Crippen LogP) is 2.26. The van der Waals surface area contributed by atoms with Crippen LogP contribution in [0.4, 0.5) is 0 Å². The summed E-state index contributed by atoms with van der Waals surface area (Å²) in [5, 5.41) is 7.84. The number of aromatic nitrogens is 2. The smallest absolute Gasteiger partial charge is 0.0530 e. The van der Waals surface area contributed by atoms with Gasteiger partial charge in [-0.1, -0.05) is 29.3 Å². The van der Waals surface area contributed by atoms with Gasteiger partial charge in [0.1, 0.15) is 0 Å². The van der Waals surface area contributed by atoms with Gasteiger partial charge in [-0.05, 0) is 6.42 Å². The molecule has 0 unspecified atom stereocenters. The lowest BCUT2D eigenvalue weighted by Gasteiger charge is -1.94. The van der Waals surface area contributed by atoms with Gasteiger partial charge >= 0.3 is 0 Å². The van der Waals surface area contributed by atoms with Crippen molar-refractivity contribution in [3.63, 3.8) is 0 Å². The van der Waals surface area contributed by atoms with Crippen LogP contribution in [0.3, 0.4) is 0 Å². The van der Waals surface area contributed by atoms with Crippen LogP contribution in [-0.2, 0) is 11.8 Å². The van der Waals surface area contributed by atoms with Crippen LogP contribution in [-0.4, -0.2) is 10.2 Å². The zero-order valence-corrected chi connectivity index (χ0v) is 7.61. The van der Waals surface area contributed by atoms with Crippen LogP contribution in [0.2, 0.25) is 0 Å². The van der Waals surface area contributed by atoms with E-state index >= 15 is 0 Å². The van der Waals surface area contributed by atoms with Crippen LogP contribution in [0.25, 0.3) is 0 Å². The summed E-state index contributed by atoms with van der Waals surface area (Å²) in [4.78, 5) is 0. The molecule has 10 heavy (non-hydrogen) atoms. The Morgan fingerprint density at radius 2 is 2.50 bits per heavy atom. The molecule has 0 bridgehead atoms. The minimum atomic E-state index is 0.902. The minimum Gasteiger partial charge on any atom is -0.282 e. The second-order valence-electron chi connectivity index (χ2n) is 2.26. The molecule has 0 aliphatic heterocycles. The molecule has 1 rings (SSSR count). The highest BCUT2D eigenvalue weighted by atomic mass is 79.9. The Labute approximate surface area is 69.2 Å². The Balaban J connectivity index is 2.70. The third kappa shape index (κ3) is 1.59. The van der Waals surface area contributed by atoms with E-state index in [4.69, 9.17) is 0 Å². The number of alkyl halides is 1. The highest BCUT2D eigenvalue weighted by Gasteiger charge is 2.00. The standard InChI is InChI=1S/C7H11BrN2/c1-2-3-7-6(4-8)5-9-10-7/h5H,2-4H2,1H3,(H,9,10). The average Bonchev–Trinajstić information content (AvgIpc) is 2.36. The number of rotatable bonds is 3. The third-order valence-corrected chi connectivity index (χ3v) is 2.06. The largest absolute Gasteiger partial charge is 0.282 e. The Morgan fingerprint density at radius 3 is 3.10 bits per heavy atom. The average molecular weight is 203 g/mol. The van der Waals surface area contributed by atoms with Crippen LogP contribution >= 0.6 is 15.9 Å². The molecule has 0 saturated carbocycles. The van der Waals surface area contributed by atoms with Crippen LogP contribution in [0.5, 0.6) is 0 Å². The monoisotopic (exact) mass is 202 g/mol. The van der Waals surface area contributed by atoms with E-state index in [2.05, 4.69) is 33.1 Å². The fourth-order valence-corrected chi connectivity index (χ4v) is 1.40. The van der Waals surface area contributed by atoms with Crippen molar-refractivity contribution in [2.45, 2.75) is 25.1 Å². The molecule has 0 aliphatic rings. The molecule has 0 amide bonds. The lowest BCUT2D eigenvalue weighted by molar-refractivity contribution is 0.860. The van der Waals surface area contributed by atoms with E-state index in [1.807, 2.05) is 6.20 Å². The van der Waals surface area contributed by atoms with Crippen LogP contribution in [0, 0.1) is 0 Å². The Hall–Kier alpha value is -0.310. The third-order valence-electron chi connectivity index (χ3n) is 1.45. The van der Waals surface area contributed by atoms with E-state index in [0.29, 0.717) is 0 Å². The number of hydrogen-bond acceptors (Lipinski definition) is 1. The van der Waals surface area contributed by atoms with E-state index < -0.39 is 0 Å². The summed E-state index contributed by atoms with van der Waals surface area (Å²) < 4.78 is 0. The molecule has 3 heteroatoms. The molecule has 2 nitrogen and oxygen atoms in total. The Morgan fingerprint density at radius 1 is 1.70 bits per heavy atom. The molecule has 56 valence electrons. The number of aromatic amines is 1. The van der Waals surface area contributed by atoms with Gasteiger partial charge in [-0.15, -0.1) is 0 Å². The van der Waals surface area contributed by atoms with Gasteiger partial charge in [0.25, 0.3) is 0 Å². The first-order valence-corrected chi connectivity index (χ1v) is 4.57. The van der Waals surface area contributed by atoms with Crippen molar-refractivity contribution < 1.29 is 0 Å². The Bertz CT molecular complexity index is 195. The molecule has 0 aliphatic carbocycles. The number of nitrogens with one attached hydrogen (secondary N) is 1. The number of hydrogen-bond donors (Lipinski definition) is 1. The van der Waals surface area contributed by atoms with Crippen molar-refractivity contribution >= 4 is 15.9 Å². The molecule has 0 aromatic carbocycles. The Kier molecular flexibility index (Phi) is 2.93. The van der Waals surface area contributed by atoms with E-state index in [0.717, 1.165) is 11.8 Å². The number of halogens is 1. The molecule has 0 spiro atoms. The van der Waals surface area contributed by atoms with Gasteiger partial charge in [0.05, 0.1) is 6.20 Å². The summed E-state index contributed by atoms with van der Waals surface area (Å²) in [7, 11) is 0. The van der Waals surface area contributed by atoms with Gasteiger partial charge in [0.15, 0.2) is 0 Å². The maximum atomic E-state index is 3.96. The summed E-state index contributed by atoms with van der Waals surface area (Å²) in [5.74, 6) is 0. The fourth-order valence-electron chi connectivity index (χ4n) is 0.919. The number of aryl methyl sites for hydroxylation is 1. The van der Waals surface area contributed by atoms with Gasteiger partial charge in [-0.3, -0.25) is 5.10 Å². The highest BCUT2D eigenvalue weighted by Crippen LogP contribution is 2.10. The van der Waals surface area contributed by atoms with Gasteiger partial charge in [0.2, 0.25) is 0 Å². The molecule has 1 N–H and O–H groups in total. The van der Waals surface area contributed by atoms with Crippen molar-refractivity contribution in [2.24, 2.45) is 0 Å². The molecule has 0 fully saturated rings. The summed E-state index contributed by atoms with van der Waals surface area (Å²) in [6, 6.07) is 0. The number of H-pyrrole nitrogens is 1. The molecule has 0 radical (unpaired) electrons. The SMILES string of the molecule is CCCc1[nH]ncc1CBr. The zero-order chi connectivity index (χ0) is 7.40. The van der Waals surface area contributed by atoms with Gasteiger partial charge in [-0.25, -0.2) is 0 Å². The molecule has 1 aromatic rings. The first-order chi connectivity index (χ1) is 4.88. The van der Waals surface area contributed by atoms with Crippen molar-refractivity contribution in [3.8, 4) is 0 Å². The van der Waals surface area contributed by atoms with Crippen LogP contribution in [0.15, 0.2) is 6.20 Å². The lowest BCUT2D eigenvalue weighted by atomic mass is 10.2. The van der Waals surface area contributed by atoms with Crippen molar-refractivity contribution in [3.05, 3.63) is 17.5 Å². The summed E-state index contributed by atoms with van der Waals surface area (Å²) >= 11 is 3.40. The van der Waals surface area contributed by atoms with Crippen molar-refractivity contribution in [2.75, 3.05) is 0 Å². The van der Waals surface area contributed by atoms with Crippen LogP contribution < -0.4 is 0 Å². The molecular formula is C7H11BrN2. The second-order valence-corrected chi connectivity index (χ2v) is 2.82. The van der Waals surface area contributed by atoms with Gasteiger partial charge in [0, 0.05) is 16.6 Å². The van der Waals surface area contributed by atoms with Gasteiger partial charge < -0.3 is 0 Å². The summed E-state index contributed by atoms with van der Waals surface area (Å²) in [5.41, 5.74) is 2.54. The minimum absolute atomic E-state index is 0.902. The van der Waals surface area contributed by atoms with E-state index in [9.17, 15) is 0 Å². The highest BCUT2D eigenvalue weighted by molar-refractivity contribution is 9.08. The predicted molar refractivity (Wildman–Crippen MR) is 45.2 cm³/mol. The lowest BCUT2D eigenvalue weighted by Crippen LogP contribution is -1.87. The van der Waals surface area contributed by atoms with Crippen LogP contribution in [0.1, 0.15) is 24.6 Å². The fraction of sp³-hybridized carbons (Fsp3) is 0.571. The molecule has 1 aromatic heterocycles. The van der Waals surface area contributed by atoms with E-state index in [1.54, 1.807) is 0 Å². The molecule has 0 atom stereocenters. The van der Waals surface area contributed by atoms with Crippen molar-refractivity contribution in [1.82, 2.24) is 10.2 Å². The van der Waals surface area contributed by atoms with E-state index in [-0.39, 0.29) is 0 Å². The number of nitrogens with zero attached hydrogens (tertiary/aromatic N) is 1. The molecular weight excluding hydrogens is 192 g/mol. The maximum Gasteiger partial charge on any atom is 0.0530 e. The normalized spacial score (nSPS) is 10.2. The quantitative estimate of drug-likeness (QED) is 0.750. The first kappa shape index (κ1) is 7.79. The van der Waals surface area contributed by atoms with Crippen molar-refractivity contribution in [1.29, 1.82) is 0 Å². The topological polar surface area (TPSA) is 28.7 Å². The summed E-state index contributed by atoms with van der Waals surface area (Å²) in [6.07, 6.45) is 4.14. The first-order valence-electron chi connectivity index (χ1n) is 3.45. The molecule has 0 saturated heterocycles. The maximum absolute atomic E-state index is 3.96. The second kappa shape index (κ2) is 3.76. The summed E-state index contributed by atoms with van der Waals surface area (Å²) in [6.45, 7) is 2.17. The van der Waals surface area contributed by atoms with E-state index in [1.165, 1.54) is 17.7 Å². The zero-order valence-electron chi connectivity index (χ0n) is 6.02. The van der Waals surface area contributed by atoms with Gasteiger partial charge in [-0.2, -0.15) is 5.10 Å².